The summed E-state index contributed by atoms with van der Waals surface area (Å²) in [4.78, 5) is 27.4. The molecule has 0 aliphatic rings. The number of nitrogens with one attached hydrogen (secondary N) is 10. The van der Waals surface area contributed by atoms with Crippen molar-refractivity contribution in [2.75, 3.05) is 10.6 Å². The van der Waals surface area contributed by atoms with Crippen molar-refractivity contribution in [3.8, 4) is 5.75 Å². The van der Waals surface area contributed by atoms with E-state index in [-0.39, 0.29) is 11.4 Å². The molecule has 0 atom stereocenters. The van der Waals surface area contributed by atoms with Gasteiger partial charge in [-0.3, -0.25) is 31.2 Å². The van der Waals surface area contributed by atoms with Crippen molar-refractivity contribution in [1.82, 2.24) is 21.7 Å². The molecule has 0 fully saturated rings. The second kappa shape index (κ2) is 18.8. The van der Waals surface area contributed by atoms with Gasteiger partial charge in [0.2, 0.25) is 23.8 Å². The smallest absolute Gasteiger partial charge is 0.406 e. The van der Waals surface area contributed by atoms with Crippen LogP contribution in [-0.4, -0.2) is 64.9 Å². The van der Waals surface area contributed by atoms with Crippen LogP contribution in [-0.2, 0) is 0 Å². The molecule has 0 saturated carbocycles. The molecule has 57 heavy (non-hydrogen) atoms. The first-order chi connectivity index (χ1) is 26.6. The summed E-state index contributed by atoms with van der Waals surface area (Å²) in [5.74, 6) is -4.58. The first-order valence-corrected chi connectivity index (χ1v) is 16.0. The summed E-state index contributed by atoms with van der Waals surface area (Å²) in [7, 11) is 0. The topological polar surface area (TPSA) is 364 Å². The van der Waals surface area contributed by atoms with Gasteiger partial charge >= 0.3 is 6.36 Å². The number of rotatable bonds is 13. The molecule has 300 valence electrons. The van der Waals surface area contributed by atoms with Crippen molar-refractivity contribution in [1.29, 1.82) is 21.6 Å². The van der Waals surface area contributed by atoms with Crippen LogP contribution in [0.2, 0.25) is 0 Å². The molecule has 0 saturated heterocycles. The summed E-state index contributed by atoms with van der Waals surface area (Å²) in [6.45, 7) is 6.26. The highest BCUT2D eigenvalue weighted by Gasteiger charge is 2.32. The van der Waals surface area contributed by atoms with Gasteiger partial charge in [-0.2, -0.15) is 20.4 Å². The maximum absolute atomic E-state index is 13.7. The third-order valence-electron chi connectivity index (χ3n) is 7.09. The highest BCUT2D eigenvalue weighted by molar-refractivity contribution is 6.12. The first-order valence-electron chi connectivity index (χ1n) is 16.0. The predicted octanol–water partition coefficient (Wildman–Crippen LogP) is 1.92. The lowest BCUT2D eigenvalue weighted by Crippen LogP contribution is -2.27. The predicted molar refractivity (Wildman–Crippen MR) is 211 cm³/mol. The minimum absolute atomic E-state index is 0.104. The number of benzene rings is 3. The van der Waals surface area contributed by atoms with Gasteiger partial charge in [-0.1, -0.05) is 0 Å². The maximum Gasteiger partial charge on any atom is 0.573 e. The van der Waals surface area contributed by atoms with E-state index in [1.807, 2.05) is 0 Å². The fourth-order valence-electron chi connectivity index (χ4n) is 4.53. The minimum Gasteiger partial charge on any atom is -0.406 e. The number of amides is 2. The zero-order chi connectivity index (χ0) is 42.6. The standard InChI is InChI=1S/C33H39F3N18O3/c1-14(47-51-29(37)38)18-5-19(15(2)48-52-30(39)40)9-24(8-18)45-27(55)22-7-23(13-26(12-22)57-33(34,35)36)28(56)46-25-10-20(16(3)49-53-31(41)42)6-21(11-25)17(4)50-54-32(43)44/h5-13H,1-4H3,(H,45,55)(H,46,56)(H4,37,38,51)(H4,39,40,52)(H4,41,42,53)(H4,43,44,54)/b47-14-,48-15-,49-16-,50-17+. The third kappa shape index (κ3) is 14.0. The van der Waals surface area contributed by atoms with Crippen LogP contribution in [0.1, 0.15) is 70.7 Å². The number of carbonyl (C=O) groups excluding carboxylic acids is 2. The Morgan fingerprint density at radius 3 is 1.02 bits per heavy atom. The van der Waals surface area contributed by atoms with Gasteiger partial charge in [-0.05, 0) is 82.3 Å². The Kier molecular flexibility index (Phi) is 14.3. The van der Waals surface area contributed by atoms with E-state index in [0.717, 1.165) is 18.2 Å². The van der Waals surface area contributed by atoms with E-state index in [1.54, 1.807) is 39.8 Å². The third-order valence-corrected chi connectivity index (χ3v) is 7.09. The van der Waals surface area contributed by atoms with Gasteiger partial charge in [0.1, 0.15) is 5.75 Å². The Hall–Kier alpha value is -8.05. The molecule has 0 heterocycles. The highest BCUT2D eigenvalue weighted by atomic mass is 19.4. The lowest BCUT2D eigenvalue weighted by Gasteiger charge is -2.15. The highest BCUT2D eigenvalue weighted by Crippen LogP contribution is 2.27. The molecule has 0 spiro atoms. The van der Waals surface area contributed by atoms with E-state index in [0.29, 0.717) is 45.1 Å². The summed E-state index contributed by atoms with van der Waals surface area (Å²) >= 11 is 0. The number of hydrogen-bond donors (Lipinski definition) is 14. The maximum atomic E-state index is 13.7. The lowest BCUT2D eigenvalue weighted by atomic mass is 10.0. The second-order valence-corrected chi connectivity index (χ2v) is 11.7. The molecule has 0 aliphatic carbocycles. The fourth-order valence-corrected chi connectivity index (χ4v) is 4.53. The summed E-state index contributed by atoms with van der Waals surface area (Å²) in [6.07, 6.45) is -5.19. The largest absolute Gasteiger partial charge is 0.573 e. The number of hydrogen-bond acceptors (Lipinski definition) is 11. The number of halogens is 3. The molecule has 3 aromatic carbocycles. The molecule has 0 unspecified atom stereocenters. The van der Waals surface area contributed by atoms with Crippen molar-refractivity contribution < 1.29 is 27.5 Å². The van der Waals surface area contributed by atoms with E-state index in [1.165, 1.54) is 24.3 Å². The molecule has 24 heteroatoms. The van der Waals surface area contributed by atoms with Crippen molar-refractivity contribution in [2.45, 2.75) is 34.1 Å². The van der Waals surface area contributed by atoms with Crippen LogP contribution in [0.15, 0.2) is 75.0 Å². The molecule has 3 rings (SSSR count). The quantitative estimate of drug-likeness (QED) is 0.0673. The van der Waals surface area contributed by atoms with Crippen molar-refractivity contribution in [2.24, 2.45) is 43.3 Å². The second-order valence-electron chi connectivity index (χ2n) is 11.7. The van der Waals surface area contributed by atoms with E-state index in [2.05, 4.69) is 57.5 Å². The minimum atomic E-state index is -5.19. The van der Waals surface area contributed by atoms with Crippen molar-refractivity contribution >= 4 is 69.9 Å². The molecule has 0 radical (unpaired) electrons. The van der Waals surface area contributed by atoms with E-state index in [4.69, 9.17) is 44.6 Å². The molecule has 2 amide bonds. The Bertz CT molecular complexity index is 1990. The number of anilines is 2. The van der Waals surface area contributed by atoms with Crippen LogP contribution in [0.5, 0.6) is 5.75 Å². The zero-order valence-electron chi connectivity index (χ0n) is 30.7. The molecular formula is C33H39F3N18O3. The van der Waals surface area contributed by atoms with Crippen molar-refractivity contribution in [3.63, 3.8) is 0 Å². The van der Waals surface area contributed by atoms with Gasteiger partial charge in [-0.25, -0.2) is 21.7 Å². The average Bonchev–Trinajstić information content (AvgIpc) is 3.12. The van der Waals surface area contributed by atoms with Gasteiger partial charge in [-0.15, -0.1) is 13.2 Å². The van der Waals surface area contributed by atoms with Gasteiger partial charge in [0.15, 0.2) is 0 Å². The molecular weight excluding hydrogens is 753 g/mol. The molecule has 3 aromatic rings. The lowest BCUT2D eigenvalue weighted by molar-refractivity contribution is -0.274. The first kappa shape index (κ1) is 43.4. The summed E-state index contributed by atoms with van der Waals surface area (Å²) in [5.41, 5.74) is 32.7. The van der Waals surface area contributed by atoms with E-state index in [9.17, 15) is 22.8 Å². The SMILES string of the molecule is C/C(=N/NC(=N)N)c1cc(NC(=O)c2cc(OC(F)(F)F)cc(C(=O)Nc3cc(/C(C)=N\NC(=N)N)cc(/C(C)=N/NC(=N)N)c3)c2)cc(/C(C)=N\NC(=N)N)c1. The van der Waals surface area contributed by atoms with Gasteiger partial charge in [0.25, 0.3) is 11.8 Å². The van der Waals surface area contributed by atoms with E-state index < -0.39 is 58.9 Å². The van der Waals surface area contributed by atoms with Crippen molar-refractivity contribution in [3.05, 3.63) is 88.0 Å². The van der Waals surface area contributed by atoms with Crippen LogP contribution >= 0.6 is 0 Å². The van der Waals surface area contributed by atoms with Gasteiger partial charge in [0, 0.05) is 44.8 Å². The zero-order valence-corrected chi connectivity index (χ0v) is 30.7. The average molecular weight is 793 g/mol. The number of guanidine groups is 4. The Morgan fingerprint density at radius 2 is 0.772 bits per heavy atom. The molecule has 0 aromatic heterocycles. The van der Waals surface area contributed by atoms with Crippen LogP contribution in [0, 0.1) is 21.6 Å². The number of hydrazone groups is 4. The van der Waals surface area contributed by atoms with Gasteiger partial charge in [0.05, 0.1) is 22.8 Å². The number of carbonyl (C=O) groups is 2. The van der Waals surface area contributed by atoms with Crippen LogP contribution in [0.3, 0.4) is 0 Å². The number of alkyl halides is 3. The Labute approximate surface area is 322 Å². The van der Waals surface area contributed by atoms with Crippen LogP contribution < -0.4 is 60.0 Å². The summed E-state index contributed by atoms with van der Waals surface area (Å²) in [5, 5.41) is 50.7. The molecule has 0 bridgehead atoms. The Morgan fingerprint density at radius 1 is 0.509 bits per heavy atom. The summed E-state index contributed by atoms with van der Waals surface area (Å²) in [6, 6.07) is 11.7. The molecule has 0 aliphatic heterocycles. The molecule has 21 nitrogen and oxygen atoms in total. The Balaban J connectivity index is 2.11. The monoisotopic (exact) mass is 792 g/mol. The van der Waals surface area contributed by atoms with Gasteiger partial charge < -0.3 is 38.3 Å². The molecule has 18 N–H and O–H groups in total. The number of nitrogens with zero attached hydrogens (tertiary/aromatic N) is 4. The number of nitrogens with two attached hydrogens (primary N) is 4. The summed E-state index contributed by atoms with van der Waals surface area (Å²) < 4.78 is 44.5. The fraction of sp³-hybridized carbons (Fsp3) is 0.152. The van der Waals surface area contributed by atoms with Crippen LogP contribution in [0.25, 0.3) is 0 Å². The van der Waals surface area contributed by atoms with E-state index >= 15 is 0 Å². The van der Waals surface area contributed by atoms with Crippen LogP contribution in [0.4, 0.5) is 24.5 Å². The normalized spacial score (nSPS) is 12.2. The number of ether oxygens (including phenoxy) is 1.